The number of anilines is 1. The van der Waals surface area contributed by atoms with E-state index in [4.69, 9.17) is 17.3 Å². The number of nitrogens with one attached hydrogen (secondary N) is 1. The number of H-pyrrole nitrogens is 1. The first-order valence-corrected chi connectivity index (χ1v) is 5.48. The normalized spacial score (nSPS) is 10.9. The molecule has 0 atom stereocenters. The van der Waals surface area contributed by atoms with Crippen LogP contribution in [0.25, 0.3) is 22.2 Å². The molecule has 17 heavy (non-hydrogen) atoms. The van der Waals surface area contributed by atoms with Crippen LogP contribution in [0, 0.1) is 0 Å². The first kappa shape index (κ1) is 10.1. The van der Waals surface area contributed by atoms with E-state index in [0.29, 0.717) is 16.5 Å². The summed E-state index contributed by atoms with van der Waals surface area (Å²) >= 11 is 6.15. The van der Waals surface area contributed by atoms with Gasteiger partial charge in [0.25, 0.3) is 0 Å². The molecule has 0 bridgehead atoms. The number of nitrogens with two attached hydrogens (primary N) is 1. The van der Waals surface area contributed by atoms with E-state index in [0.717, 1.165) is 16.5 Å². The monoisotopic (exact) mass is 244 g/mol. The number of benzene rings is 1. The summed E-state index contributed by atoms with van der Waals surface area (Å²) in [6.45, 7) is 0. The van der Waals surface area contributed by atoms with Gasteiger partial charge >= 0.3 is 0 Å². The second-order valence-electron chi connectivity index (χ2n) is 3.72. The predicted octanol–water partition coefficient (Wildman–Crippen LogP) is 2.86. The summed E-state index contributed by atoms with van der Waals surface area (Å²) in [7, 11) is 0. The van der Waals surface area contributed by atoms with E-state index >= 15 is 0 Å². The number of fused-ring (bicyclic) bond motifs is 1. The summed E-state index contributed by atoms with van der Waals surface area (Å²) in [4.78, 5) is 4.33. The Bertz CT molecular complexity index is 690. The summed E-state index contributed by atoms with van der Waals surface area (Å²) in [5, 5.41) is 8.14. The Balaban J connectivity index is 2.30. The molecule has 0 saturated carbocycles. The van der Waals surface area contributed by atoms with Crippen molar-refractivity contribution in [3.05, 3.63) is 41.7 Å². The van der Waals surface area contributed by atoms with Gasteiger partial charge in [0.2, 0.25) is 0 Å². The zero-order chi connectivity index (χ0) is 11.8. The number of pyridine rings is 1. The van der Waals surface area contributed by atoms with Gasteiger partial charge in [-0.3, -0.25) is 5.10 Å². The molecule has 0 aliphatic rings. The molecule has 0 aliphatic carbocycles. The van der Waals surface area contributed by atoms with Crippen molar-refractivity contribution in [1.29, 1.82) is 0 Å². The molecule has 3 rings (SSSR count). The maximum absolute atomic E-state index is 6.15. The molecule has 0 amide bonds. The highest BCUT2D eigenvalue weighted by Crippen LogP contribution is 2.31. The molecule has 0 saturated heterocycles. The highest BCUT2D eigenvalue weighted by molar-refractivity contribution is 6.32. The smallest absolute Gasteiger partial charge is 0.139 e. The van der Waals surface area contributed by atoms with Crippen LogP contribution >= 0.6 is 11.6 Å². The maximum atomic E-state index is 6.15. The van der Waals surface area contributed by atoms with Gasteiger partial charge < -0.3 is 5.73 Å². The van der Waals surface area contributed by atoms with Crippen LogP contribution in [0.15, 0.2) is 36.5 Å². The van der Waals surface area contributed by atoms with Crippen molar-refractivity contribution >= 4 is 28.2 Å². The molecule has 0 aliphatic heterocycles. The van der Waals surface area contributed by atoms with Crippen molar-refractivity contribution in [3.63, 3.8) is 0 Å². The fraction of sp³-hybridized carbons (Fsp3) is 0. The number of para-hydroxylation sites is 1. The average Bonchev–Trinajstić information content (AvgIpc) is 2.74. The number of halogens is 1. The van der Waals surface area contributed by atoms with Crippen LogP contribution in [0.4, 0.5) is 5.69 Å². The summed E-state index contributed by atoms with van der Waals surface area (Å²) < 4.78 is 0. The molecule has 3 aromatic rings. The Morgan fingerprint density at radius 2 is 2.06 bits per heavy atom. The highest BCUT2D eigenvalue weighted by atomic mass is 35.5. The number of rotatable bonds is 1. The summed E-state index contributed by atoms with van der Waals surface area (Å²) in [6.07, 6.45) is 1.56. The van der Waals surface area contributed by atoms with Crippen molar-refractivity contribution in [3.8, 4) is 11.3 Å². The van der Waals surface area contributed by atoms with E-state index in [1.165, 1.54) is 0 Å². The standard InChI is InChI=1S/C12H9ClN4/c13-12-8(11-9(14)6-15-17-11)5-7-3-1-2-4-10(7)16-12/h1-6H,14H2,(H,15,17). The first-order valence-electron chi connectivity index (χ1n) is 5.10. The third-order valence-corrected chi connectivity index (χ3v) is 2.90. The molecular weight excluding hydrogens is 236 g/mol. The fourth-order valence-electron chi connectivity index (χ4n) is 1.78. The molecule has 0 radical (unpaired) electrons. The molecule has 0 fully saturated rings. The van der Waals surface area contributed by atoms with Crippen LogP contribution in [0.1, 0.15) is 0 Å². The van der Waals surface area contributed by atoms with Crippen LogP contribution in [-0.4, -0.2) is 15.2 Å². The van der Waals surface area contributed by atoms with Crippen molar-refractivity contribution < 1.29 is 0 Å². The van der Waals surface area contributed by atoms with E-state index in [1.807, 2.05) is 30.3 Å². The predicted molar refractivity (Wildman–Crippen MR) is 68.7 cm³/mol. The van der Waals surface area contributed by atoms with E-state index in [-0.39, 0.29) is 0 Å². The van der Waals surface area contributed by atoms with Gasteiger partial charge in [-0.05, 0) is 12.1 Å². The number of hydrogen-bond acceptors (Lipinski definition) is 3. The molecule has 1 aromatic carbocycles. The van der Waals surface area contributed by atoms with Gasteiger partial charge in [-0.1, -0.05) is 29.8 Å². The summed E-state index contributed by atoms with van der Waals surface area (Å²) in [5.74, 6) is 0. The zero-order valence-corrected chi connectivity index (χ0v) is 9.57. The molecule has 5 heteroatoms. The summed E-state index contributed by atoms with van der Waals surface area (Å²) in [5.41, 5.74) is 8.69. The number of aromatic amines is 1. The second kappa shape index (κ2) is 3.75. The van der Waals surface area contributed by atoms with Crippen LogP contribution < -0.4 is 5.73 Å². The minimum Gasteiger partial charge on any atom is -0.396 e. The van der Waals surface area contributed by atoms with E-state index in [2.05, 4.69) is 15.2 Å². The van der Waals surface area contributed by atoms with Crippen LogP contribution in [-0.2, 0) is 0 Å². The molecule has 84 valence electrons. The van der Waals surface area contributed by atoms with E-state index in [9.17, 15) is 0 Å². The highest BCUT2D eigenvalue weighted by Gasteiger charge is 2.11. The van der Waals surface area contributed by atoms with Gasteiger partial charge in [0.05, 0.1) is 23.1 Å². The zero-order valence-electron chi connectivity index (χ0n) is 8.81. The lowest BCUT2D eigenvalue weighted by Crippen LogP contribution is -1.90. The van der Waals surface area contributed by atoms with Crippen LogP contribution in [0.3, 0.4) is 0 Å². The minimum atomic E-state index is 0.416. The maximum Gasteiger partial charge on any atom is 0.139 e. The Labute approximate surface area is 102 Å². The summed E-state index contributed by atoms with van der Waals surface area (Å²) in [6, 6.07) is 9.73. The number of aromatic nitrogens is 3. The van der Waals surface area contributed by atoms with Crippen molar-refractivity contribution in [2.45, 2.75) is 0 Å². The molecule has 0 unspecified atom stereocenters. The van der Waals surface area contributed by atoms with Gasteiger partial charge in [-0.25, -0.2) is 4.98 Å². The number of nitrogen functional groups attached to an aromatic ring is 1. The number of hydrogen-bond donors (Lipinski definition) is 2. The van der Waals surface area contributed by atoms with Crippen molar-refractivity contribution in [2.24, 2.45) is 0 Å². The molecule has 2 heterocycles. The van der Waals surface area contributed by atoms with Gasteiger partial charge in [0.15, 0.2) is 0 Å². The van der Waals surface area contributed by atoms with E-state index in [1.54, 1.807) is 6.20 Å². The topological polar surface area (TPSA) is 67.6 Å². The average molecular weight is 245 g/mol. The molecule has 0 spiro atoms. The number of nitrogens with zero attached hydrogens (tertiary/aromatic N) is 2. The van der Waals surface area contributed by atoms with Crippen molar-refractivity contribution in [1.82, 2.24) is 15.2 Å². The lowest BCUT2D eigenvalue weighted by atomic mass is 10.1. The van der Waals surface area contributed by atoms with Gasteiger partial charge in [-0.15, -0.1) is 0 Å². The molecule has 3 N–H and O–H groups in total. The van der Waals surface area contributed by atoms with E-state index < -0.39 is 0 Å². The Kier molecular flexibility index (Phi) is 2.23. The first-order chi connectivity index (χ1) is 8.25. The third-order valence-electron chi connectivity index (χ3n) is 2.62. The SMILES string of the molecule is Nc1cn[nH]c1-c1cc2ccccc2nc1Cl. The fourth-order valence-corrected chi connectivity index (χ4v) is 2.02. The quantitative estimate of drug-likeness (QED) is 0.647. The lowest BCUT2D eigenvalue weighted by Gasteiger charge is -2.04. The lowest BCUT2D eigenvalue weighted by molar-refractivity contribution is 1.09. The van der Waals surface area contributed by atoms with Crippen molar-refractivity contribution in [2.75, 3.05) is 5.73 Å². The Hall–Kier alpha value is -2.07. The Morgan fingerprint density at radius 1 is 1.24 bits per heavy atom. The van der Waals surface area contributed by atoms with Crippen LogP contribution in [0.5, 0.6) is 0 Å². The van der Waals surface area contributed by atoms with Gasteiger partial charge in [0.1, 0.15) is 5.15 Å². The van der Waals surface area contributed by atoms with Gasteiger partial charge in [-0.2, -0.15) is 5.10 Å². The molecule has 2 aromatic heterocycles. The molecule has 4 nitrogen and oxygen atoms in total. The van der Waals surface area contributed by atoms with Crippen LogP contribution in [0.2, 0.25) is 5.15 Å². The van der Waals surface area contributed by atoms with Gasteiger partial charge in [0, 0.05) is 10.9 Å². The largest absolute Gasteiger partial charge is 0.396 e. The third kappa shape index (κ3) is 1.62. The molecular formula is C12H9ClN4. The second-order valence-corrected chi connectivity index (χ2v) is 4.08. The Morgan fingerprint density at radius 3 is 2.82 bits per heavy atom. The minimum absolute atomic E-state index is 0.416.